The predicted molar refractivity (Wildman–Crippen MR) is 299 cm³/mol. The van der Waals surface area contributed by atoms with E-state index in [2.05, 4.69) is 221 Å². The van der Waals surface area contributed by atoms with E-state index >= 15 is 0 Å². The topological polar surface area (TPSA) is 30.0 Å². The van der Waals surface area contributed by atoms with E-state index in [0.29, 0.717) is 0 Å². The third kappa shape index (κ3) is 37.7. The fraction of sp³-hybridized carbons (Fsp3) is 0.414. The van der Waals surface area contributed by atoms with E-state index in [1.54, 1.807) is 45.0 Å². The Balaban J connectivity index is -0.000000127. The van der Waals surface area contributed by atoms with Gasteiger partial charge in [0.25, 0.3) is 0 Å². The number of hydrogen-bond acceptors (Lipinski definition) is 2. The van der Waals surface area contributed by atoms with Gasteiger partial charge in [-0.1, -0.05) is 89.8 Å². The third-order valence-corrected chi connectivity index (χ3v) is 15.4. The first-order chi connectivity index (χ1) is 28.8. The normalized spacial score (nSPS) is 7.58. The van der Waals surface area contributed by atoms with Crippen LogP contribution in [0.15, 0.2) is 42.5 Å². The average molecular weight is 1000 g/mol. The van der Waals surface area contributed by atoms with Crippen LogP contribution in [0.4, 0.5) is 0 Å². The molecule has 0 saturated heterocycles. The summed E-state index contributed by atoms with van der Waals surface area (Å²) < 4.78 is 0. The molecule has 3 rings (SSSR count). The zero-order valence-electron chi connectivity index (χ0n) is 38.1. The molecule has 2 aromatic carbocycles. The first-order valence-corrected chi connectivity index (χ1v) is 25.3. The monoisotopic (exact) mass is 1000 g/mol. The molecule has 0 atom stereocenters. The molecule has 0 aliphatic heterocycles. The zero-order valence-corrected chi connectivity index (χ0v) is 42.7. The molecule has 0 aliphatic rings. The van der Waals surface area contributed by atoms with Crippen LogP contribution in [-0.2, 0) is 34.4 Å². The van der Waals surface area contributed by atoms with E-state index in [0.717, 1.165) is 22.6 Å². The summed E-state index contributed by atoms with van der Waals surface area (Å²) in [5, 5.41) is 2.59. The molecule has 0 unspecified atom stereocenters. The van der Waals surface area contributed by atoms with Crippen LogP contribution in [0.3, 0.4) is 0 Å². The van der Waals surface area contributed by atoms with Gasteiger partial charge in [0.15, 0.2) is 0 Å². The molecule has 0 radical (unpaired) electrons. The van der Waals surface area contributed by atoms with Crippen molar-refractivity contribution >= 4 is 54.1 Å². The summed E-state index contributed by atoms with van der Waals surface area (Å²) >= 11 is 1.62. The number of fused-ring (bicyclic) bond motifs is 2. The number of rotatable bonds is 8. The van der Waals surface area contributed by atoms with Crippen molar-refractivity contribution < 1.29 is 22.1 Å². The van der Waals surface area contributed by atoms with E-state index in [1.165, 1.54) is 45.3 Å². The van der Waals surface area contributed by atoms with E-state index in [4.69, 9.17) is 22.6 Å². The van der Waals surface area contributed by atoms with Crippen LogP contribution in [0.5, 0.6) is 0 Å². The second-order valence-corrected chi connectivity index (χ2v) is 20.8. The fourth-order valence-corrected chi connectivity index (χ4v) is 11.1. The maximum absolute atomic E-state index is 7.75. The van der Waals surface area contributed by atoms with Gasteiger partial charge < -0.3 is 4.79 Å². The summed E-state index contributed by atoms with van der Waals surface area (Å²) in [6.07, 6.45) is 12.0. The van der Waals surface area contributed by atoms with Gasteiger partial charge in [0.2, 0.25) is 0 Å². The standard InChI is InChI=1S/C27H39NP2.C9H4.C8H6.C5H4.C4H6.CHO.4CH4.ClH.Ru.H/c1-18(2)29(19(3)4)16-24-13-9-11-22-15-23-12-10-14-25(27(23)28-26(22)24)17-30(20(5)6)21(7)8;1-3-5-7-9-8-6-4-2;1-3-5-7-8-6-4-2;1-3-5-4-2;1-3-4-2;1-2;;;;;;;/h9-15,18-21H,16-17H2,1-8H3;1H,2H3;1-2H3;1H,2H3;1-2H3;1H;4*1H4;1H;;/q;;;;;-1;;;;;;+1;/p+1. The minimum atomic E-state index is -0.460. The number of hydrogen-bond donors (Lipinski definition) is 0. The molecular weight excluding hydrogens is 925 g/mol. The zero-order chi connectivity index (χ0) is 46.7. The van der Waals surface area contributed by atoms with Crippen LogP contribution < -0.4 is 0 Å². The molecule has 346 valence electrons. The minimum absolute atomic E-state index is 0. The van der Waals surface area contributed by atoms with Crippen molar-refractivity contribution in [3.05, 3.63) is 53.6 Å². The van der Waals surface area contributed by atoms with E-state index in [-0.39, 0.29) is 29.7 Å². The van der Waals surface area contributed by atoms with E-state index in [9.17, 15) is 0 Å². The molecule has 0 saturated carbocycles. The molecule has 0 fully saturated rings. The molecule has 6 heteroatoms. The van der Waals surface area contributed by atoms with Crippen molar-refractivity contribution in [3.63, 3.8) is 0 Å². The van der Waals surface area contributed by atoms with Gasteiger partial charge in [0, 0.05) is 37.7 Å². The van der Waals surface area contributed by atoms with Crippen molar-refractivity contribution in [3.8, 4) is 119 Å². The quantitative estimate of drug-likeness (QED) is 0.0562. The maximum atomic E-state index is 7.75. The SMILES string of the molecule is C.C.C.C.C#CC#CC.C#CC#CC#CC#CC.CC#CC.CC#CC#CC#CC.CC(C)[PH+](Cc1cccc2cc3cccc(C[PH+](C(C)C)C(C)C)c3nc12)C(C)C.[CH-]=O.[Cl][RuH]. The number of nitrogens with zero attached hydrogens (tertiary/aromatic N) is 1. The Bertz CT molecular complexity index is 2180. The second kappa shape index (κ2) is 54.3. The average Bonchev–Trinajstić information content (AvgIpc) is 3.24. The van der Waals surface area contributed by atoms with E-state index < -0.39 is 15.8 Å². The first kappa shape index (κ1) is 76.5. The van der Waals surface area contributed by atoms with Crippen LogP contribution in [0.2, 0.25) is 0 Å². The van der Waals surface area contributed by atoms with Crippen LogP contribution in [0.25, 0.3) is 21.8 Å². The first-order valence-electron chi connectivity index (χ1n) is 19.2. The number of halogens is 1. The molecule has 1 heterocycles. The number of carbonyl (C=O) groups excluding carboxylic acids is 1. The molecular formula is C58H79ClNOP2Ru+. The summed E-state index contributed by atoms with van der Waals surface area (Å²) in [4.78, 5) is 13.1. The van der Waals surface area contributed by atoms with Crippen molar-refractivity contribution in [1.29, 1.82) is 0 Å². The summed E-state index contributed by atoms with van der Waals surface area (Å²) in [5.41, 5.74) is 8.52. The van der Waals surface area contributed by atoms with Crippen molar-refractivity contribution in [1.82, 2.24) is 4.98 Å². The summed E-state index contributed by atoms with van der Waals surface area (Å²) in [7, 11) is 3.69. The van der Waals surface area contributed by atoms with Gasteiger partial charge in [-0.05, 0) is 174 Å². The van der Waals surface area contributed by atoms with Crippen molar-refractivity contribution in [2.75, 3.05) is 0 Å². The molecule has 2 nitrogen and oxygen atoms in total. The fourth-order valence-electron chi connectivity index (χ4n) is 5.33. The van der Waals surface area contributed by atoms with Gasteiger partial charge in [-0.25, -0.2) is 4.98 Å². The Morgan fingerprint density at radius 1 is 0.500 bits per heavy atom. The Kier molecular flexibility index (Phi) is 64.8. The predicted octanol–water partition coefficient (Wildman–Crippen LogP) is 14.5. The Labute approximate surface area is 413 Å². The second-order valence-electron chi connectivity index (χ2n) is 13.1. The van der Waals surface area contributed by atoms with Gasteiger partial charge in [0.05, 0.1) is 46.0 Å². The van der Waals surface area contributed by atoms with Gasteiger partial charge >= 0.3 is 27.0 Å². The van der Waals surface area contributed by atoms with E-state index in [1.807, 2.05) is 13.8 Å². The Morgan fingerprint density at radius 3 is 1.02 bits per heavy atom. The summed E-state index contributed by atoms with van der Waals surface area (Å²) in [6, 6.07) is 16.0. The number of aromatic nitrogens is 1. The Morgan fingerprint density at radius 2 is 0.781 bits per heavy atom. The third-order valence-electron chi connectivity index (χ3n) is 7.92. The molecule has 0 spiro atoms. The number of para-hydroxylation sites is 2. The molecule has 0 amide bonds. The van der Waals surface area contributed by atoms with Crippen LogP contribution in [0, 0.1) is 119 Å². The van der Waals surface area contributed by atoms with Crippen molar-refractivity contribution in [2.24, 2.45) is 0 Å². The van der Waals surface area contributed by atoms with Crippen LogP contribution in [-0.4, -0.2) is 34.4 Å². The number of terminal acetylenes is 2. The van der Waals surface area contributed by atoms with Crippen molar-refractivity contribution in [2.45, 2.75) is 162 Å². The van der Waals surface area contributed by atoms with Gasteiger partial charge in [-0.3, -0.25) is 6.79 Å². The summed E-state index contributed by atoms with van der Waals surface area (Å²) in [6.45, 7) is 33.0. The van der Waals surface area contributed by atoms with Crippen LogP contribution in [0.1, 0.15) is 138 Å². The summed E-state index contributed by atoms with van der Waals surface area (Å²) in [5.74, 6) is 44.9. The molecule has 64 heavy (non-hydrogen) atoms. The number of benzene rings is 2. The van der Waals surface area contributed by atoms with Gasteiger partial charge in [-0.2, -0.15) is 0 Å². The van der Waals surface area contributed by atoms with Crippen LogP contribution >= 0.6 is 25.5 Å². The van der Waals surface area contributed by atoms with Gasteiger partial charge in [0.1, 0.15) is 0 Å². The Hall–Kier alpha value is -4.85. The molecule has 1 aromatic heterocycles. The van der Waals surface area contributed by atoms with Gasteiger partial charge in [-0.15, -0.1) is 24.7 Å². The molecule has 0 aliphatic carbocycles. The molecule has 3 aromatic rings. The number of pyridine rings is 1. The molecule has 0 N–H and O–H groups in total. The molecule has 0 bridgehead atoms.